The van der Waals surface area contributed by atoms with E-state index in [1.807, 2.05) is 13.0 Å². The van der Waals surface area contributed by atoms with Gasteiger partial charge in [-0.05, 0) is 99.3 Å². The fourth-order valence-electron chi connectivity index (χ4n) is 5.95. The third kappa shape index (κ3) is 13.4. The number of carbonyl (C=O) groups is 4. The normalized spacial score (nSPS) is 21.7. The zero-order chi connectivity index (χ0) is 42.1. The van der Waals surface area contributed by atoms with E-state index in [9.17, 15) is 19.2 Å². The van der Waals surface area contributed by atoms with Crippen molar-refractivity contribution in [2.45, 2.75) is 130 Å². The van der Waals surface area contributed by atoms with E-state index in [0.29, 0.717) is 36.4 Å². The van der Waals surface area contributed by atoms with Crippen LogP contribution in [0.15, 0.2) is 42.8 Å². The van der Waals surface area contributed by atoms with Crippen LogP contribution in [0.2, 0.25) is 0 Å². The first-order valence-corrected chi connectivity index (χ1v) is 19.3. The molecule has 1 fully saturated rings. The van der Waals surface area contributed by atoms with E-state index in [1.165, 1.54) is 35.0 Å². The fourth-order valence-corrected chi connectivity index (χ4v) is 5.95. The summed E-state index contributed by atoms with van der Waals surface area (Å²) < 4.78 is 47.7. The van der Waals surface area contributed by atoms with Crippen LogP contribution in [0, 0.1) is 5.92 Å². The number of benzene rings is 1. The topological polar surface area (TPSA) is 163 Å². The predicted molar refractivity (Wildman–Crippen MR) is 210 cm³/mol. The van der Waals surface area contributed by atoms with E-state index in [0.717, 1.165) is 0 Å². The maximum atomic E-state index is 13.8. The molecule has 1 aromatic carbocycles. The van der Waals surface area contributed by atoms with Crippen molar-refractivity contribution < 1.29 is 57.1 Å². The van der Waals surface area contributed by atoms with Gasteiger partial charge in [-0.3, -0.25) is 4.79 Å². The molecule has 0 N–H and O–H groups in total. The van der Waals surface area contributed by atoms with Gasteiger partial charge < -0.3 is 42.8 Å². The largest absolute Gasteiger partial charge is 0.493 e. The molecular formula is C42H59N3O12. The summed E-state index contributed by atoms with van der Waals surface area (Å²) in [6.07, 6.45) is 7.96. The molecule has 1 amide bonds. The van der Waals surface area contributed by atoms with Crippen molar-refractivity contribution in [3.05, 3.63) is 59.7 Å². The van der Waals surface area contributed by atoms with E-state index in [-0.39, 0.29) is 49.5 Å². The summed E-state index contributed by atoms with van der Waals surface area (Å²) in [5.74, 6) is -1.15. The highest BCUT2D eigenvalue weighted by molar-refractivity contribution is 5.97. The van der Waals surface area contributed by atoms with Gasteiger partial charge in [-0.25, -0.2) is 23.9 Å². The molecule has 1 aromatic heterocycles. The quantitative estimate of drug-likeness (QED) is 0.0952. The minimum absolute atomic E-state index is 0.00752. The number of ketones is 1. The minimum Gasteiger partial charge on any atom is -0.493 e. The number of hydrogen-bond donors (Lipinski definition) is 0. The van der Waals surface area contributed by atoms with E-state index < -0.39 is 53.5 Å². The molecule has 2 aliphatic heterocycles. The van der Waals surface area contributed by atoms with Gasteiger partial charge in [-0.15, -0.1) is 0 Å². The second-order valence-corrected chi connectivity index (χ2v) is 16.6. The standard InChI is InChI=1S/C42H59N3O12/c1-27-17-18-31(46)36-32(54-42(9,10)55-36)16-14-15-29-23-30(24-33(52-26-50-11)35(29)37(47)53-28(27)2)51-22-13-12-20-44(38(48)56-40(3,4)5)25-34-43-19-21-45(34)39(49)57-41(6,7)8/h14-15,17-19,21,23-24,27-28,32,36H,12-13,16,20,22,25-26H2,1-11H3/b15-14?,18-17-/t27-,28+,32+,36-/m1/s1. The van der Waals surface area contributed by atoms with Crippen LogP contribution in [-0.4, -0.2) is 101 Å². The van der Waals surface area contributed by atoms with Crippen molar-refractivity contribution in [3.8, 4) is 11.5 Å². The highest BCUT2D eigenvalue weighted by atomic mass is 16.8. The second-order valence-electron chi connectivity index (χ2n) is 16.6. The lowest BCUT2D eigenvalue weighted by Gasteiger charge is -2.27. The first kappa shape index (κ1) is 45.0. The molecule has 0 saturated carbocycles. The third-order valence-electron chi connectivity index (χ3n) is 8.75. The Kier molecular flexibility index (Phi) is 15.1. The summed E-state index contributed by atoms with van der Waals surface area (Å²) in [6.45, 7) is 18.2. The molecule has 0 bridgehead atoms. The van der Waals surface area contributed by atoms with E-state index in [2.05, 4.69) is 4.98 Å². The third-order valence-corrected chi connectivity index (χ3v) is 8.75. The van der Waals surface area contributed by atoms with Gasteiger partial charge in [0.2, 0.25) is 0 Å². The Hall–Kier alpha value is -4.73. The van der Waals surface area contributed by atoms with E-state index in [4.69, 9.17) is 37.9 Å². The molecule has 4 atom stereocenters. The van der Waals surface area contributed by atoms with Gasteiger partial charge in [-0.2, -0.15) is 0 Å². The molecule has 3 heterocycles. The zero-order valence-corrected chi connectivity index (χ0v) is 35.1. The number of nitrogens with zero attached hydrogens (tertiary/aromatic N) is 3. The number of cyclic esters (lactones) is 1. The minimum atomic E-state index is -0.953. The Morgan fingerprint density at radius 3 is 2.39 bits per heavy atom. The molecule has 15 heteroatoms. The SMILES string of the molecule is COCOc1cc(OCCCCN(Cc2nccn2C(=O)OC(C)(C)C)C(=O)OC(C)(C)C)cc2c1C(=O)O[C@@H](C)[C@H](C)/C=C\C(=O)[C@H]1OC(C)(C)O[C@H]1CC=C2. The van der Waals surface area contributed by atoms with E-state index >= 15 is 0 Å². The number of amides is 1. The average molecular weight is 798 g/mol. The van der Waals surface area contributed by atoms with Crippen LogP contribution >= 0.6 is 0 Å². The summed E-state index contributed by atoms with van der Waals surface area (Å²) in [4.78, 5) is 58.9. The fraction of sp³-hybridized carbons (Fsp3) is 0.595. The molecule has 2 aromatic rings. The van der Waals surface area contributed by atoms with Gasteiger partial charge in [0.05, 0.1) is 19.3 Å². The smallest absolute Gasteiger partial charge is 0.420 e. The number of hydrogen-bond acceptors (Lipinski definition) is 13. The van der Waals surface area contributed by atoms with Gasteiger partial charge in [0.15, 0.2) is 18.4 Å². The summed E-state index contributed by atoms with van der Waals surface area (Å²) in [5.41, 5.74) is -0.813. The Balaban J connectivity index is 1.54. The molecule has 15 nitrogen and oxygen atoms in total. The molecular weight excluding hydrogens is 738 g/mol. The van der Waals surface area contributed by atoms with Crippen molar-refractivity contribution in [3.63, 3.8) is 0 Å². The lowest BCUT2D eigenvalue weighted by atomic mass is 9.99. The molecule has 57 heavy (non-hydrogen) atoms. The number of aromatic nitrogens is 2. The number of rotatable bonds is 11. The number of fused-ring (bicyclic) bond motifs is 2. The van der Waals surface area contributed by atoms with Crippen LogP contribution < -0.4 is 9.47 Å². The number of methoxy groups -OCH3 is 1. The molecule has 2 aliphatic rings. The Bertz CT molecular complexity index is 1780. The van der Waals surface area contributed by atoms with Gasteiger partial charge in [0.1, 0.15) is 46.3 Å². The summed E-state index contributed by atoms with van der Waals surface area (Å²) in [5, 5.41) is 0. The highest BCUT2D eigenvalue weighted by Crippen LogP contribution is 2.34. The number of unbranched alkanes of at least 4 members (excludes halogenated alkanes) is 1. The maximum Gasteiger partial charge on any atom is 0.420 e. The molecule has 0 radical (unpaired) electrons. The van der Waals surface area contributed by atoms with Crippen LogP contribution in [-0.2, 0) is 39.8 Å². The molecule has 0 spiro atoms. The average Bonchev–Trinajstić information content (AvgIpc) is 3.69. The van der Waals surface area contributed by atoms with Gasteiger partial charge >= 0.3 is 18.2 Å². The van der Waals surface area contributed by atoms with Crippen LogP contribution in [0.3, 0.4) is 0 Å². The number of esters is 1. The molecule has 314 valence electrons. The van der Waals surface area contributed by atoms with Crippen LogP contribution in [0.4, 0.5) is 9.59 Å². The maximum absolute atomic E-state index is 13.8. The van der Waals surface area contributed by atoms with Crippen molar-refractivity contribution in [1.29, 1.82) is 0 Å². The Morgan fingerprint density at radius 1 is 0.982 bits per heavy atom. The van der Waals surface area contributed by atoms with Crippen LogP contribution in [0.1, 0.15) is 110 Å². The molecule has 0 aliphatic carbocycles. The number of carbonyl (C=O) groups excluding carboxylic acids is 4. The summed E-state index contributed by atoms with van der Waals surface area (Å²) in [6, 6.07) is 3.33. The van der Waals surface area contributed by atoms with Crippen molar-refractivity contribution in [2.75, 3.05) is 27.1 Å². The van der Waals surface area contributed by atoms with Crippen molar-refractivity contribution >= 4 is 30.0 Å². The summed E-state index contributed by atoms with van der Waals surface area (Å²) in [7, 11) is 1.47. The van der Waals surface area contributed by atoms with Gasteiger partial charge in [-0.1, -0.05) is 25.2 Å². The second kappa shape index (κ2) is 19.1. The van der Waals surface area contributed by atoms with Crippen molar-refractivity contribution in [2.24, 2.45) is 5.92 Å². The molecule has 0 unspecified atom stereocenters. The predicted octanol–water partition coefficient (Wildman–Crippen LogP) is 7.49. The van der Waals surface area contributed by atoms with Crippen LogP contribution in [0.25, 0.3) is 6.08 Å². The van der Waals surface area contributed by atoms with E-state index in [1.54, 1.807) is 86.6 Å². The summed E-state index contributed by atoms with van der Waals surface area (Å²) >= 11 is 0. The lowest BCUT2D eigenvalue weighted by molar-refractivity contribution is -0.152. The lowest BCUT2D eigenvalue weighted by Crippen LogP contribution is -2.38. The van der Waals surface area contributed by atoms with Crippen LogP contribution in [0.5, 0.6) is 11.5 Å². The van der Waals surface area contributed by atoms with Gasteiger partial charge in [0.25, 0.3) is 0 Å². The van der Waals surface area contributed by atoms with Gasteiger partial charge in [0, 0.05) is 38.0 Å². The monoisotopic (exact) mass is 797 g/mol. The Labute approximate surface area is 335 Å². The number of imidazole rings is 1. The Morgan fingerprint density at radius 2 is 1.70 bits per heavy atom. The number of ether oxygens (including phenoxy) is 8. The zero-order valence-electron chi connectivity index (χ0n) is 35.1. The first-order chi connectivity index (χ1) is 26.7. The van der Waals surface area contributed by atoms with Crippen molar-refractivity contribution in [1.82, 2.24) is 14.5 Å². The highest BCUT2D eigenvalue weighted by Gasteiger charge is 2.43. The molecule has 4 rings (SSSR count). The molecule has 1 saturated heterocycles. The first-order valence-electron chi connectivity index (χ1n) is 19.3.